The molecule has 0 aromatic heterocycles. The van der Waals surface area contributed by atoms with Crippen molar-refractivity contribution in [3.63, 3.8) is 0 Å². The molecule has 0 saturated heterocycles. The molecular weight excluding hydrogens is 181 g/mol. The van der Waals surface area contributed by atoms with Gasteiger partial charge in [0.25, 0.3) is 0 Å². The minimum Gasteiger partial charge on any atom is -0.193 e. The fourth-order valence-electron chi connectivity index (χ4n) is 0. The molecule has 0 bridgehead atoms. The van der Waals surface area contributed by atoms with E-state index in [-0.39, 0.29) is 23.9 Å². The summed E-state index contributed by atoms with van der Waals surface area (Å²) in [5.74, 6) is 0. The van der Waals surface area contributed by atoms with E-state index in [4.69, 9.17) is 5.26 Å². The Morgan fingerprint density at radius 2 is 2.00 bits per heavy atom. The molecule has 0 heterocycles. The summed E-state index contributed by atoms with van der Waals surface area (Å²) in [5.41, 5.74) is 0.560. The third kappa shape index (κ3) is 8.98. The molecule has 0 amide bonds. The first-order chi connectivity index (χ1) is 2.27. The molecule has 0 N–H and O–H groups in total. The Kier molecular flexibility index (Phi) is 7.87. The minimum absolute atomic E-state index is 0. The summed E-state index contributed by atoms with van der Waals surface area (Å²) in [6.07, 6.45) is 0. The molecule has 0 saturated carbocycles. The third-order valence-electron chi connectivity index (χ3n) is 0.191. The molecular formula is C4H5NSn. The predicted molar refractivity (Wildman–Crippen MR) is 26.2 cm³/mol. The van der Waals surface area contributed by atoms with E-state index in [9.17, 15) is 0 Å². The van der Waals surface area contributed by atoms with Crippen LogP contribution in [0.5, 0.6) is 0 Å². The van der Waals surface area contributed by atoms with E-state index in [1.165, 1.54) is 0 Å². The summed E-state index contributed by atoms with van der Waals surface area (Å²) in [7, 11) is 0. The number of allylic oxidation sites excluding steroid dienone is 1. The monoisotopic (exact) mass is 187 g/mol. The molecule has 0 spiro atoms. The molecule has 4 radical (unpaired) electrons. The summed E-state index contributed by atoms with van der Waals surface area (Å²) in [4.78, 5) is 0. The molecule has 0 rings (SSSR count). The van der Waals surface area contributed by atoms with Crippen LogP contribution >= 0.6 is 0 Å². The fraction of sp³-hybridized carbons (Fsp3) is 0.250. The molecule has 2 heteroatoms. The predicted octanol–water partition coefficient (Wildman–Crippen LogP) is 0.705. The van der Waals surface area contributed by atoms with Crippen LogP contribution in [0.25, 0.3) is 0 Å². The van der Waals surface area contributed by atoms with Crippen molar-refractivity contribution in [1.82, 2.24) is 0 Å². The molecule has 0 unspecified atom stereocenters. The van der Waals surface area contributed by atoms with Crippen molar-refractivity contribution >= 4 is 23.9 Å². The van der Waals surface area contributed by atoms with Gasteiger partial charge in [-0.05, 0) is 6.92 Å². The van der Waals surface area contributed by atoms with Crippen molar-refractivity contribution in [3.8, 4) is 6.07 Å². The molecule has 0 aromatic rings. The molecule has 1 nitrogen and oxygen atoms in total. The maximum Gasteiger partial charge on any atom is 0.0937 e. The van der Waals surface area contributed by atoms with Crippen LogP contribution in [0, 0.1) is 11.3 Å². The standard InChI is InChI=1S/C4H5N.Sn/c1-4(2)3-5;/h1H2,2H3;. The zero-order valence-electron chi connectivity index (χ0n) is 3.65. The van der Waals surface area contributed by atoms with Crippen LogP contribution in [0.15, 0.2) is 12.2 Å². The second-order valence-electron chi connectivity index (χ2n) is 0.892. The summed E-state index contributed by atoms with van der Waals surface area (Å²) < 4.78 is 0. The first-order valence-electron chi connectivity index (χ1n) is 1.33. The Morgan fingerprint density at radius 3 is 2.00 bits per heavy atom. The molecule has 0 aliphatic heterocycles. The van der Waals surface area contributed by atoms with Crippen molar-refractivity contribution in [1.29, 1.82) is 5.26 Å². The topological polar surface area (TPSA) is 23.8 Å². The first-order valence-corrected chi connectivity index (χ1v) is 1.33. The van der Waals surface area contributed by atoms with Gasteiger partial charge in [0.15, 0.2) is 0 Å². The van der Waals surface area contributed by atoms with Gasteiger partial charge in [-0.25, -0.2) is 0 Å². The van der Waals surface area contributed by atoms with E-state index in [1.54, 1.807) is 6.92 Å². The SMILES string of the molecule is C=C(C)C#N.[Sn]. The van der Waals surface area contributed by atoms with Crippen LogP contribution in [-0.2, 0) is 0 Å². The van der Waals surface area contributed by atoms with E-state index in [1.807, 2.05) is 6.07 Å². The van der Waals surface area contributed by atoms with E-state index >= 15 is 0 Å². The van der Waals surface area contributed by atoms with Crippen LogP contribution in [0.4, 0.5) is 0 Å². The van der Waals surface area contributed by atoms with Gasteiger partial charge in [0.2, 0.25) is 0 Å². The van der Waals surface area contributed by atoms with E-state index in [2.05, 4.69) is 6.58 Å². The number of hydrogen-bond donors (Lipinski definition) is 0. The second-order valence-corrected chi connectivity index (χ2v) is 0.892. The Balaban J connectivity index is 0. The quantitative estimate of drug-likeness (QED) is 0.403. The largest absolute Gasteiger partial charge is 0.193 e. The van der Waals surface area contributed by atoms with Crippen LogP contribution in [0.3, 0.4) is 0 Å². The van der Waals surface area contributed by atoms with Gasteiger partial charge < -0.3 is 0 Å². The smallest absolute Gasteiger partial charge is 0.0937 e. The summed E-state index contributed by atoms with van der Waals surface area (Å²) in [5, 5.41) is 7.79. The van der Waals surface area contributed by atoms with E-state index in [0.717, 1.165) is 0 Å². The van der Waals surface area contributed by atoms with Crippen LogP contribution in [-0.4, -0.2) is 23.9 Å². The van der Waals surface area contributed by atoms with Gasteiger partial charge in [-0.3, -0.25) is 0 Å². The molecule has 6 heavy (non-hydrogen) atoms. The molecule has 0 atom stereocenters. The fourth-order valence-corrected chi connectivity index (χ4v) is 0. The number of nitriles is 1. The normalized spacial score (nSPS) is 4.67. The molecule has 0 fully saturated rings. The van der Waals surface area contributed by atoms with Crippen LogP contribution in [0.1, 0.15) is 6.92 Å². The van der Waals surface area contributed by atoms with Gasteiger partial charge in [-0.1, -0.05) is 6.58 Å². The van der Waals surface area contributed by atoms with Crippen molar-refractivity contribution in [3.05, 3.63) is 12.2 Å². The Hall–Kier alpha value is 0.0287. The third-order valence-corrected chi connectivity index (χ3v) is 0.191. The van der Waals surface area contributed by atoms with E-state index in [0.29, 0.717) is 5.57 Å². The van der Waals surface area contributed by atoms with Crippen molar-refractivity contribution in [2.45, 2.75) is 6.92 Å². The van der Waals surface area contributed by atoms with Crippen LogP contribution < -0.4 is 0 Å². The van der Waals surface area contributed by atoms with Gasteiger partial charge in [-0.15, -0.1) is 0 Å². The van der Waals surface area contributed by atoms with Crippen LogP contribution in [0.2, 0.25) is 0 Å². The Morgan fingerprint density at radius 1 is 1.83 bits per heavy atom. The maximum atomic E-state index is 7.79. The molecule has 0 aromatic carbocycles. The van der Waals surface area contributed by atoms with Crippen molar-refractivity contribution in [2.24, 2.45) is 0 Å². The summed E-state index contributed by atoms with van der Waals surface area (Å²) >= 11 is 0. The zero-order valence-corrected chi connectivity index (χ0v) is 6.51. The number of hydrogen-bond acceptors (Lipinski definition) is 1. The number of nitrogens with zero attached hydrogens (tertiary/aromatic N) is 1. The van der Waals surface area contributed by atoms with Gasteiger partial charge in [-0.2, -0.15) is 5.26 Å². The second kappa shape index (κ2) is 5.03. The van der Waals surface area contributed by atoms with Gasteiger partial charge in [0.05, 0.1) is 6.07 Å². The molecule has 30 valence electrons. The number of rotatable bonds is 0. The average molecular weight is 186 g/mol. The first kappa shape index (κ1) is 9.39. The maximum absolute atomic E-state index is 7.79. The Bertz CT molecular complexity index is 80.0. The molecule has 0 aliphatic carbocycles. The van der Waals surface area contributed by atoms with Crippen molar-refractivity contribution < 1.29 is 0 Å². The minimum atomic E-state index is 0. The van der Waals surface area contributed by atoms with Gasteiger partial charge in [0.1, 0.15) is 0 Å². The average Bonchev–Trinajstić information content (AvgIpc) is 1.38. The van der Waals surface area contributed by atoms with E-state index < -0.39 is 0 Å². The molecule has 0 aliphatic rings. The Labute approximate surface area is 54.6 Å². The zero-order chi connectivity index (χ0) is 4.28. The van der Waals surface area contributed by atoms with Gasteiger partial charge >= 0.3 is 0 Å². The summed E-state index contributed by atoms with van der Waals surface area (Å²) in [6, 6.07) is 1.83. The van der Waals surface area contributed by atoms with Gasteiger partial charge in [0, 0.05) is 29.5 Å². The summed E-state index contributed by atoms with van der Waals surface area (Å²) in [6.45, 7) is 4.98. The van der Waals surface area contributed by atoms with Crippen molar-refractivity contribution in [2.75, 3.05) is 0 Å².